The van der Waals surface area contributed by atoms with Crippen LogP contribution in [0.1, 0.15) is 32.6 Å². The molecule has 5 heteroatoms. The number of thioether (sulfide) groups is 1. The van der Waals surface area contributed by atoms with Crippen molar-refractivity contribution in [1.29, 1.82) is 0 Å². The van der Waals surface area contributed by atoms with E-state index in [0.717, 1.165) is 18.6 Å². The molecular weight excluding hydrogens is 284 g/mol. The summed E-state index contributed by atoms with van der Waals surface area (Å²) in [6.07, 6.45) is 3.77. The molecule has 116 valence electrons. The van der Waals surface area contributed by atoms with E-state index < -0.39 is 0 Å². The number of para-hydroxylation sites is 2. The largest absolute Gasteiger partial charge is 0.491 e. The molecule has 0 saturated heterocycles. The highest BCUT2D eigenvalue weighted by Gasteiger charge is 2.25. The van der Waals surface area contributed by atoms with Crippen LogP contribution in [0.2, 0.25) is 0 Å². The highest BCUT2D eigenvalue weighted by molar-refractivity contribution is 7.99. The Morgan fingerprint density at radius 2 is 2.24 bits per heavy atom. The summed E-state index contributed by atoms with van der Waals surface area (Å²) >= 11 is 2.00. The molecule has 21 heavy (non-hydrogen) atoms. The third kappa shape index (κ3) is 5.16. The fourth-order valence-corrected chi connectivity index (χ4v) is 3.77. The van der Waals surface area contributed by atoms with E-state index in [0.29, 0.717) is 35.8 Å². The van der Waals surface area contributed by atoms with Crippen LogP contribution in [0, 0.1) is 0 Å². The number of ether oxygens (including phenoxy) is 1. The molecule has 1 aliphatic carbocycles. The number of benzene rings is 1. The highest BCUT2D eigenvalue weighted by atomic mass is 32.2. The summed E-state index contributed by atoms with van der Waals surface area (Å²) in [6, 6.07) is 7.68. The molecule has 4 nitrogen and oxygen atoms in total. The monoisotopic (exact) mass is 308 g/mol. The van der Waals surface area contributed by atoms with E-state index in [2.05, 4.69) is 12.2 Å². The summed E-state index contributed by atoms with van der Waals surface area (Å²) in [4.78, 5) is 11.9. The topological polar surface area (TPSA) is 64.3 Å². The van der Waals surface area contributed by atoms with E-state index in [-0.39, 0.29) is 5.91 Å². The van der Waals surface area contributed by atoms with Crippen molar-refractivity contribution in [1.82, 2.24) is 5.32 Å². The lowest BCUT2D eigenvalue weighted by molar-refractivity contribution is -0.122. The van der Waals surface area contributed by atoms with E-state index >= 15 is 0 Å². The van der Waals surface area contributed by atoms with Crippen LogP contribution in [-0.2, 0) is 4.79 Å². The average molecular weight is 308 g/mol. The molecule has 1 aromatic carbocycles. The molecule has 1 amide bonds. The summed E-state index contributed by atoms with van der Waals surface area (Å²) in [5, 5.41) is 3.81. The lowest BCUT2D eigenvalue weighted by Gasteiger charge is -2.13. The van der Waals surface area contributed by atoms with Gasteiger partial charge in [-0.3, -0.25) is 4.79 Å². The number of hydrogen-bond donors (Lipinski definition) is 2. The van der Waals surface area contributed by atoms with Gasteiger partial charge in [0.25, 0.3) is 0 Å². The number of anilines is 1. The van der Waals surface area contributed by atoms with Crippen LogP contribution in [0.5, 0.6) is 5.75 Å². The zero-order chi connectivity index (χ0) is 15.1. The van der Waals surface area contributed by atoms with Crippen molar-refractivity contribution < 1.29 is 9.53 Å². The van der Waals surface area contributed by atoms with Crippen molar-refractivity contribution in [3.05, 3.63) is 24.3 Å². The molecule has 0 aliphatic heterocycles. The van der Waals surface area contributed by atoms with Gasteiger partial charge < -0.3 is 15.8 Å². The molecule has 2 atom stereocenters. The van der Waals surface area contributed by atoms with Crippen molar-refractivity contribution in [2.75, 3.05) is 18.1 Å². The smallest absolute Gasteiger partial charge is 0.223 e. The summed E-state index contributed by atoms with van der Waals surface area (Å²) in [5.41, 5.74) is 6.39. The van der Waals surface area contributed by atoms with Gasteiger partial charge in [-0.2, -0.15) is 11.8 Å². The molecule has 0 radical (unpaired) electrons. The number of amides is 1. The second-order valence-electron chi connectivity index (χ2n) is 5.29. The SMILES string of the molecule is CCSC1CCC(NC(=O)CCOc2ccccc2N)C1. The first-order valence-electron chi connectivity index (χ1n) is 7.57. The van der Waals surface area contributed by atoms with Crippen molar-refractivity contribution >= 4 is 23.4 Å². The maximum absolute atomic E-state index is 11.9. The predicted molar refractivity (Wildman–Crippen MR) is 88.7 cm³/mol. The number of carbonyl (C=O) groups excluding carboxylic acids is 1. The Labute approximate surface area is 130 Å². The molecule has 1 aromatic rings. The lowest BCUT2D eigenvalue weighted by atomic mass is 10.2. The Balaban J connectivity index is 1.65. The summed E-state index contributed by atoms with van der Waals surface area (Å²) < 4.78 is 5.54. The van der Waals surface area contributed by atoms with Crippen molar-refractivity contribution in [3.63, 3.8) is 0 Å². The molecule has 0 spiro atoms. The summed E-state index contributed by atoms with van der Waals surface area (Å²) in [7, 11) is 0. The molecule has 0 aromatic heterocycles. The minimum Gasteiger partial charge on any atom is -0.491 e. The first-order valence-corrected chi connectivity index (χ1v) is 8.62. The predicted octanol–water partition coefficient (Wildman–Crippen LogP) is 2.83. The lowest BCUT2D eigenvalue weighted by Crippen LogP contribution is -2.33. The van der Waals surface area contributed by atoms with Crippen LogP contribution < -0.4 is 15.8 Å². The van der Waals surface area contributed by atoms with Gasteiger partial charge in [0.15, 0.2) is 0 Å². The Morgan fingerprint density at radius 1 is 1.43 bits per heavy atom. The van der Waals surface area contributed by atoms with Crippen molar-refractivity contribution in [2.45, 2.75) is 43.9 Å². The van der Waals surface area contributed by atoms with Crippen LogP contribution in [0.15, 0.2) is 24.3 Å². The molecule has 1 fully saturated rings. The van der Waals surface area contributed by atoms with Crippen LogP contribution in [-0.4, -0.2) is 29.6 Å². The third-order valence-electron chi connectivity index (χ3n) is 3.66. The van der Waals surface area contributed by atoms with Crippen molar-refractivity contribution in [3.8, 4) is 5.75 Å². The number of nitrogens with two attached hydrogens (primary N) is 1. The maximum Gasteiger partial charge on any atom is 0.223 e. The molecule has 0 heterocycles. The molecule has 0 bridgehead atoms. The molecule has 1 aliphatic rings. The maximum atomic E-state index is 11.9. The second-order valence-corrected chi connectivity index (χ2v) is 6.87. The zero-order valence-electron chi connectivity index (χ0n) is 12.5. The standard InChI is InChI=1S/C16H24N2O2S/c1-2-21-13-8-7-12(11-13)18-16(19)9-10-20-15-6-4-3-5-14(15)17/h3-6,12-13H,2,7-11,17H2,1H3,(H,18,19). The van der Waals surface area contributed by atoms with E-state index in [1.165, 1.54) is 6.42 Å². The summed E-state index contributed by atoms with van der Waals surface area (Å²) in [5.74, 6) is 1.86. The van der Waals surface area contributed by atoms with Gasteiger partial charge >= 0.3 is 0 Å². The zero-order valence-corrected chi connectivity index (χ0v) is 13.3. The first kappa shape index (κ1) is 16.0. The van der Waals surface area contributed by atoms with Crippen molar-refractivity contribution in [2.24, 2.45) is 0 Å². The van der Waals surface area contributed by atoms with E-state index in [1.54, 1.807) is 6.07 Å². The Kier molecular flexibility index (Phi) is 6.23. The number of hydrogen-bond acceptors (Lipinski definition) is 4. The van der Waals surface area contributed by atoms with E-state index in [9.17, 15) is 4.79 Å². The second kappa shape index (κ2) is 8.17. The molecule has 1 saturated carbocycles. The van der Waals surface area contributed by atoms with Gasteiger partial charge in [0.1, 0.15) is 5.75 Å². The van der Waals surface area contributed by atoms with Gasteiger partial charge in [-0.25, -0.2) is 0 Å². The summed E-state index contributed by atoms with van der Waals surface area (Å²) in [6.45, 7) is 2.54. The Hall–Kier alpha value is -1.36. The number of rotatable bonds is 7. The van der Waals surface area contributed by atoms with Crippen LogP contribution >= 0.6 is 11.8 Å². The van der Waals surface area contributed by atoms with Crippen LogP contribution in [0.3, 0.4) is 0 Å². The van der Waals surface area contributed by atoms with Gasteiger partial charge in [0.05, 0.1) is 18.7 Å². The fourth-order valence-electron chi connectivity index (χ4n) is 2.62. The Bertz CT molecular complexity index is 467. The number of nitrogen functional groups attached to an aromatic ring is 1. The van der Waals surface area contributed by atoms with Gasteiger partial charge in [0.2, 0.25) is 5.91 Å². The van der Waals surface area contributed by atoms with Gasteiger partial charge in [-0.1, -0.05) is 19.1 Å². The average Bonchev–Trinajstić information content (AvgIpc) is 2.88. The minimum absolute atomic E-state index is 0.0663. The van der Waals surface area contributed by atoms with Crippen LogP contribution in [0.25, 0.3) is 0 Å². The molecular formula is C16H24N2O2S. The molecule has 3 N–H and O–H groups in total. The van der Waals surface area contributed by atoms with Gasteiger partial charge in [0, 0.05) is 11.3 Å². The quantitative estimate of drug-likeness (QED) is 0.760. The van der Waals surface area contributed by atoms with E-state index in [1.807, 2.05) is 30.0 Å². The molecule has 2 unspecified atom stereocenters. The highest BCUT2D eigenvalue weighted by Crippen LogP contribution is 2.29. The third-order valence-corrected chi connectivity index (χ3v) is 4.89. The first-order chi connectivity index (χ1) is 10.2. The van der Waals surface area contributed by atoms with Gasteiger partial charge in [-0.05, 0) is 37.1 Å². The fraction of sp³-hybridized carbons (Fsp3) is 0.562. The van der Waals surface area contributed by atoms with Crippen LogP contribution in [0.4, 0.5) is 5.69 Å². The Morgan fingerprint density at radius 3 is 3.00 bits per heavy atom. The minimum atomic E-state index is 0.0663. The van der Waals surface area contributed by atoms with Gasteiger partial charge in [-0.15, -0.1) is 0 Å². The van der Waals surface area contributed by atoms with E-state index in [4.69, 9.17) is 10.5 Å². The molecule has 2 rings (SSSR count). The number of nitrogens with one attached hydrogen (secondary N) is 1. The normalized spacial score (nSPS) is 21.2. The number of carbonyl (C=O) groups is 1.